The zero-order valence-corrected chi connectivity index (χ0v) is 8.64. The number of allylic oxidation sites excluding steroid dienone is 2. The van der Waals surface area contributed by atoms with Crippen molar-refractivity contribution in [2.45, 2.75) is 39.5 Å². The van der Waals surface area contributed by atoms with Gasteiger partial charge in [-0.2, -0.15) is 0 Å². The monoisotopic (exact) mass is 174 g/mol. The smallest absolute Gasteiger partial charge is 0.00166 e. The van der Waals surface area contributed by atoms with Crippen molar-refractivity contribution in [1.29, 1.82) is 0 Å². The Morgan fingerprint density at radius 1 is 1.23 bits per heavy atom. The van der Waals surface area contributed by atoms with Crippen LogP contribution in [-0.2, 0) is 0 Å². The second-order valence-corrected chi connectivity index (χ2v) is 6.50. The summed E-state index contributed by atoms with van der Waals surface area (Å²) in [5, 5.41) is 0. The normalized spacial score (nSPS) is 63.8. The topological polar surface area (TPSA) is 0 Å². The van der Waals surface area contributed by atoms with Gasteiger partial charge in [-0.15, -0.1) is 0 Å². The molecule has 0 aromatic heterocycles. The lowest BCUT2D eigenvalue weighted by molar-refractivity contribution is 0.268. The summed E-state index contributed by atoms with van der Waals surface area (Å²) in [4.78, 5) is 0. The van der Waals surface area contributed by atoms with Gasteiger partial charge in [0.2, 0.25) is 0 Å². The molecule has 0 aromatic carbocycles. The van der Waals surface area contributed by atoms with E-state index in [2.05, 4.69) is 26.0 Å². The van der Waals surface area contributed by atoms with Crippen molar-refractivity contribution in [3.63, 3.8) is 0 Å². The van der Waals surface area contributed by atoms with Crippen LogP contribution in [0.25, 0.3) is 0 Å². The van der Waals surface area contributed by atoms with Gasteiger partial charge in [0.15, 0.2) is 0 Å². The van der Waals surface area contributed by atoms with Crippen molar-refractivity contribution in [2.75, 3.05) is 0 Å². The molecule has 4 saturated carbocycles. The van der Waals surface area contributed by atoms with Crippen molar-refractivity contribution in [2.24, 2.45) is 28.1 Å². The van der Waals surface area contributed by atoms with E-state index in [0.717, 1.165) is 22.7 Å². The summed E-state index contributed by atoms with van der Waals surface area (Å²) in [6.07, 6.45) is 11.0. The van der Waals surface area contributed by atoms with Crippen LogP contribution in [0.4, 0.5) is 0 Å². The van der Waals surface area contributed by atoms with Gasteiger partial charge in [-0.25, -0.2) is 0 Å². The third-order valence-electron chi connectivity index (χ3n) is 6.07. The molecule has 0 saturated heterocycles. The Kier molecular flexibility index (Phi) is 0.835. The molecule has 0 heterocycles. The van der Waals surface area contributed by atoms with E-state index in [1.165, 1.54) is 19.3 Å². The van der Waals surface area contributed by atoms with E-state index in [-0.39, 0.29) is 0 Å². The van der Waals surface area contributed by atoms with E-state index in [4.69, 9.17) is 0 Å². The van der Waals surface area contributed by atoms with Crippen LogP contribution in [0.2, 0.25) is 0 Å². The molecule has 5 aliphatic rings. The lowest BCUT2D eigenvalue weighted by Gasteiger charge is -2.22. The summed E-state index contributed by atoms with van der Waals surface area (Å²) in [6.45, 7) is 5.05. The largest absolute Gasteiger partial charge is 0.0879 e. The molecule has 0 amide bonds. The molecule has 0 radical (unpaired) electrons. The average molecular weight is 174 g/mol. The van der Waals surface area contributed by atoms with Crippen LogP contribution in [-0.4, -0.2) is 0 Å². The Morgan fingerprint density at radius 3 is 2.77 bits per heavy atom. The maximum Gasteiger partial charge on any atom is -0.00166 e. The molecule has 5 rings (SSSR count). The highest BCUT2D eigenvalue weighted by molar-refractivity contribution is 5.42. The highest BCUT2D eigenvalue weighted by atomic mass is 14.9. The fraction of sp³-hybridized carbons (Fsp3) is 0.846. The summed E-state index contributed by atoms with van der Waals surface area (Å²) >= 11 is 0. The second-order valence-electron chi connectivity index (χ2n) is 6.50. The second kappa shape index (κ2) is 1.53. The quantitative estimate of drug-likeness (QED) is 0.494. The number of rotatable bonds is 0. The molecule has 0 aromatic rings. The lowest BCUT2D eigenvalue weighted by atomic mass is 9.83. The lowest BCUT2D eigenvalue weighted by Crippen LogP contribution is -2.15. The highest BCUT2D eigenvalue weighted by Crippen LogP contribution is 2.94. The SMILES string of the molecule is CC1(C)C2CC34C=CCCC3(C2)C14. The van der Waals surface area contributed by atoms with Crippen molar-refractivity contribution in [3.05, 3.63) is 12.2 Å². The summed E-state index contributed by atoms with van der Waals surface area (Å²) in [6, 6.07) is 0. The zero-order valence-electron chi connectivity index (χ0n) is 8.64. The summed E-state index contributed by atoms with van der Waals surface area (Å²) in [5.41, 5.74) is 2.21. The summed E-state index contributed by atoms with van der Waals surface area (Å²) < 4.78 is 0. The Morgan fingerprint density at radius 2 is 2.08 bits per heavy atom. The number of hydrogen-bond acceptors (Lipinski definition) is 0. The molecule has 0 N–H and O–H groups in total. The summed E-state index contributed by atoms with van der Waals surface area (Å²) in [7, 11) is 0. The Bertz CT molecular complexity index is 325. The van der Waals surface area contributed by atoms with Crippen LogP contribution in [0.1, 0.15) is 39.5 Å². The molecular formula is C13H18. The fourth-order valence-electron chi connectivity index (χ4n) is 5.82. The fourth-order valence-corrected chi connectivity index (χ4v) is 5.82. The minimum absolute atomic E-state index is 0.675. The molecule has 4 unspecified atom stereocenters. The molecule has 70 valence electrons. The van der Waals surface area contributed by atoms with Gasteiger partial charge in [0.25, 0.3) is 0 Å². The van der Waals surface area contributed by atoms with Crippen LogP contribution in [0.3, 0.4) is 0 Å². The molecule has 4 bridgehead atoms. The highest BCUT2D eigenvalue weighted by Gasteiger charge is 2.88. The van der Waals surface area contributed by atoms with E-state index in [1.54, 1.807) is 6.42 Å². The van der Waals surface area contributed by atoms with E-state index < -0.39 is 0 Å². The maximum absolute atomic E-state index is 2.61. The molecular weight excluding hydrogens is 156 g/mol. The van der Waals surface area contributed by atoms with Gasteiger partial charge in [-0.05, 0) is 53.8 Å². The van der Waals surface area contributed by atoms with E-state index in [0.29, 0.717) is 5.41 Å². The van der Waals surface area contributed by atoms with Crippen molar-refractivity contribution < 1.29 is 0 Å². The van der Waals surface area contributed by atoms with Gasteiger partial charge in [0.05, 0.1) is 0 Å². The van der Waals surface area contributed by atoms with Crippen LogP contribution >= 0.6 is 0 Å². The Hall–Kier alpha value is -0.260. The van der Waals surface area contributed by atoms with E-state index >= 15 is 0 Å². The van der Waals surface area contributed by atoms with Crippen molar-refractivity contribution in [1.82, 2.24) is 0 Å². The maximum atomic E-state index is 2.61. The molecule has 4 fully saturated rings. The number of hydrogen-bond donors (Lipinski definition) is 0. The minimum Gasteiger partial charge on any atom is -0.0879 e. The van der Waals surface area contributed by atoms with Gasteiger partial charge in [-0.3, -0.25) is 0 Å². The van der Waals surface area contributed by atoms with Crippen LogP contribution in [0.5, 0.6) is 0 Å². The third kappa shape index (κ3) is 0.450. The van der Waals surface area contributed by atoms with Crippen LogP contribution in [0, 0.1) is 28.1 Å². The van der Waals surface area contributed by atoms with Gasteiger partial charge in [0.1, 0.15) is 0 Å². The molecule has 0 aliphatic heterocycles. The predicted octanol–water partition coefficient (Wildman–Crippen LogP) is 3.39. The van der Waals surface area contributed by atoms with Crippen LogP contribution < -0.4 is 0 Å². The Labute approximate surface area is 80.4 Å². The van der Waals surface area contributed by atoms with Crippen LogP contribution in [0.15, 0.2) is 12.2 Å². The van der Waals surface area contributed by atoms with E-state index in [1.807, 2.05) is 0 Å². The van der Waals surface area contributed by atoms with Gasteiger partial charge < -0.3 is 0 Å². The van der Waals surface area contributed by atoms with Gasteiger partial charge in [-0.1, -0.05) is 26.0 Å². The first kappa shape index (κ1) is 7.09. The molecule has 2 spiro atoms. The molecule has 4 atom stereocenters. The minimum atomic E-state index is 0.675. The molecule has 13 heavy (non-hydrogen) atoms. The standard InChI is InChI=1S/C13H18/c1-11(2)9-7-12-5-3-4-6-13(12,8-9)10(11)12/h3,5,9-10H,4,6-8H2,1-2H3. The first-order chi connectivity index (χ1) is 6.14. The van der Waals surface area contributed by atoms with E-state index in [9.17, 15) is 0 Å². The van der Waals surface area contributed by atoms with Crippen molar-refractivity contribution in [3.8, 4) is 0 Å². The Balaban J connectivity index is 1.95. The van der Waals surface area contributed by atoms with Gasteiger partial charge >= 0.3 is 0 Å². The first-order valence-corrected chi connectivity index (χ1v) is 5.81. The molecule has 0 heteroatoms. The third-order valence-corrected chi connectivity index (χ3v) is 6.07. The predicted molar refractivity (Wildman–Crippen MR) is 53.2 cm³/mol. The zero-order chi connectivity index (χ0) is 8.90. The summed E-state index contributed by atoms with van der Waals surface area (Å²) in [5.74, 6) is 2.12. The van der Waals surface area contributed by atoms with Crippen molar-refractivity contribution >= 4 is 0 Å². The van der Waals surface area contributed by atoms with Gasteiger partial charge in [0, 0.05) is 0 Å². The molecule has 5 aliphatic carbocycles. The first-order valence-electron chi connectivity index (χ1n) is 5.81. The molecule has 0 nitrogen and oxygen atoms in total. The average Bonchev–Trinajstić information content (AvgIpc) is 2.26.